The minimum absolute atomic E-state index is 0.0583. The first-order chi connectivity index (χ1) is 5.82. The van der Waals surface area contributed by atoms with Gasteiger partial charge < -0.3 is 11.5 Å². The van der Waals surface area contributed by atoms with Crippen molar-refractivity contribution in [1.82, 2.24) is 0 Å². The molecular formula is C9H12F2N2. The average Bonchev–Trinajstić information content (AvgIpc) is 1.78. The lowest BCUT2D eigenvalue weighted by atomic mass is 9.94. The highest BCUT2D eigenvalue weighted by Crippen LogP contribution is 2.25. The van der Waals surface area contributed by atoms with Crippen LogP contribution >= 0.6 is 0 Å². The highest BCUT2D eigenvalue weighted by molar-refractivity contribution is 5.43. The van der Waals surface area contributed by atoms with Gasteiger partial charge in [-0.05, 0) is 26.0 Å². The van der Waals surface area contributed by atoms with Crippen molar-refractivity contribution >= 4 is 5.69 Å². The van der Waals surface area contributed by atoms with Crippen LogP contribution in [-0.4, -0.2) is 0 Å². The zero-order valence-corrected chi connectivity index (χ0v) is 7.57. The molecule has 0 aliphatic carbocycles. The van der Waals surface area contributed by atoms with Crippen molar-refractivity contribution < 1.29 is 8.78 Å². The molecule has 0 atom stereocenters. The molecule has 0 amide bonds. The smallest absolute Gasteiger partial charge is 0.133 e. The van der Waals surface area contributed by atoms with E-state index in [1.807, 2.05) is 0 Å². The minimum Gasteiger partial charge on any atom is -0.399 e. The van der Waals surface area contributed by atoms with Crippen molar-refractivity contribution in [3.63, 3.8) is 0 Å². The molecule has 0 radical (unpaired) electrons. The predicted molar refractivity (Wildman–Crippen MR) is 48.0 cm³/mol. The van der Waals surface area contributed by atoms with Gasteiger partial charge in [0.15, 0.2) is 0 Å². The van der Waals surface area contributed by atoms with Crippen molar-refractivity contribution in [2.45, 2.75) is 19.4 Å². The van der Waals surface area contributed by atoms with Crippen LogP contribution in [0.5, 0.6) is 0 Å². The molecule has 0 heterocycles. The van der Waals surface area contributed by atoms with Crippen LogP contribution < -0.4 is 11.5 Å². The summed E-state index contributed by atoms with van der Waals surface area (Å²) in [5.41, 5.74) is 9.72. The van der Waals surface area contributed by atoms with Gasteiger partial charge in [-0.2, -0.15) is 0 Å². The summed E-state index contributed by atoms with van der Waals surface area (Å²) in [6.07, 6.45) is 0. The Labute approximate surface area is 75.5 Å². The Balaban J connectivity index is 3.38. The molecule has 0 saturated carbocycles. The van der Waals surface area contributed by atoms with E-state index in [0.717, 1.165) is 12.1 Å². The van der Waals surface area contributed by atoms with E-state index in [2.05, 4.69) is 0 Å². The number of nitrogen functional groups attached to an aromatic ring is 1. The minimum atomic E-state index is -1.04. The highest BCUT2D eigenvalue weighted by atomic mass is 19.1. The molecule has 0 bridgehead atoms. The molecule has 4 heteroatoms. The van der Waals surface area contributed by atoms with E-state index in [-0.39, 0.29) is 11.3 Å². The first-order valence-electron chi connectivity index (χ1n) is 3.86. The fraction of sp³-hybridized carbons (Fsp3) is 0.333. The van der Waals surface area contributed by atoms with Gasteiger partial charge in [-0.3, -0.25) is 0 Å². The summed E-state index contributed by atoms with van der Waals surface area (Å²) in [6.45, 7) is 3.06. The van der Waals surface area contributed by atoms with E-state index in [1.165, 1.54) is 13.8 Å². The molecule has 0 saturated heterocycles. The largest absolute Gasteiger partial charge is 0.399 e. The SMILES string of the molecule is CC(C)(N)c1c(F)cc(N)cc1F. The van der Waals surface area contributed by atoms with Gasteiger partial charge in [0.1, 0.15) is 11.6 Å². The van der Waals surface area contributed by atoms with Crippen molar-refractivity contribution in [2.75, 3.05) is 5.73 Å². The summed E-state index contributed by atoms with van der Waals surface area (Å²) in [7, 11) is 0. The second-order valence-electron chi connectivity index (χ2n) is 3.58. The normalized spacial score (nSPS) is 11.8. The van der Waals surface area contributed by atoms with Crippen LogP contribution in [0.2, 0.25) is 0 Å². The van der Waals surface area contributed by atoms with Crippen LogP contribution in [0.25, 0.3) is 0 Å². The number of benzene rings is 1. The number of rotatable bonds is 1. The number of anilines is 1. The molecule has 4 N–H and O–H groups in total. The second kappa shape index (κ2) is 2.96. The lowest BCUT2D eigenvalue weighted by molar-refractivity contribution is 0.460. The molecule has 1 aromatic rings. The van der Waals surface area contributed by atoms with Gasteiger partial charge in [-0.15, -0.1) is 0 Å². The molecule has 0 aliphatic rings. The first-order valence-corrected chi connectivity index (χ1v) is 3.86. The molecule has 13 heavy (non-hydrogen) atoms. The number of halogens is 2. The summed E-state index contributed by atoms with van der Waals surface area (Å²) in [4.78, 5) is 0. The molecule has 0 aromatic heterocycles. The van der Waals surface area contributed by atoms with Crippen LogP contribution in [0.4, 0.5) is 14.5 Å². The third kappa shape index (κ3) is 1.95. The number of hydrogen-bond donors (Lipinski definition) is 2. The van der Waals surface area contributed by atoms with Crippen molar-refractivity contribution in [3.05, 3.63) is 29.3 Å². The lowest BCUT2D eigenvalue weighted by Gasteiger charge is -2.20. The molecule has 0 fully saturated rings. The fourth-order valence-electron chi connectivity index (χ4n) is 1.21. The molecule has 72 valence electrons. The highest BCUT2D eigenvalue weighted by Gasteiger charge is 2.23. The van der Waals surface area contributed by atoms with Crippen LogP contribution in [0, 0.1) is 11.6 Å². The second-order valence-corrected chi connectivity index (χ2v) is 3.58. The van der Waals surface area contributed by atoms with Crippen LogP contribution in [-0.2, 0) is 5.54 Å². The van der Waals surface area contributed by atoms with E-state index in [0.29, 0.717) is 0 Å². The Hall–Kier alpha value is -1.16. The Kier molecular flexibility index (Phi) is 2.26. The van der Waals surface area contributed by atoms with Gasteiger partial charge in [-0.25, -0.2) is 8.78 Å². The molecule has 0 unspecified atom stereocenters. The number of hydrogen-bond acceptors (Lipinski definition) is 2. The van der Waals surface area contributed by atoms with Crippen LogP contribution in [0.3, 0.4) is 0 Å². The van der Waals surface area contributed by atoms with E-state index in [9.17, 15) is 8.78 Å². The zero-order chi connectivity index (χ0) is 10.2. The zero-order valence-electron chi connectivity index (χ0n) is 7.57. The average molecular weight is 186 g/mol. The third-order valence-corrected chi connectivity index (χ3v) is 1.71. The molecule has 1 rings (SSSR count). The predicted octanol–water partition coefficient (Wildman–Crippen LogP) is 1.74. The monoisotopic (exact) mass is 186 g/mol. The maximum Gasteiger partial charge on any atom is 0.133 e. The molecule has 0 aliphatic heterocycles. The summed E-state index contributed by atoms with van der Waals surface area (Å²) in [5.74, 6) is -1.41. The maximum atomic E-state index is 13.2. The van der Waals surface area contributed by atoms with Gasteiger partial charge in [0.25, 0.3) is 0 Å². The Bertz CT molecular complexity index is 306. The first kappa shape index (κ1) is 9.92. The number of nitrogens with two attached hydrogens (primary N) is 2. The van der Waals surface area contributed by atoms with Gasteiger partial charge in [0.05, 0.1) is 0 Å². The van der Waals surface area contributed by atoms with Crippen LogP contribution in [0.15, 0.2) is 12.1 Å². The summed E-state index contributed by atoms with van der Waals surface area (Å²) >= 11 is 0. The maximum absolute atomic E-state index is 13.2. The standard InChI is InChI=1S/C9H12F2N2/c1-9(2,13)8-6(10)3-5(12)4-7(8)11/h3-4H,12-13H2,1-2H3. The van der Waals surface area contributed by atoms with E-state index >= 15 is 0 Å². The van der Waals surface area contributed by atoms with Gasteiger partial charge in [0.2, 0.25) is 0 Å². The van der Waals surface area contributed by atoms with Gasteiger partial charge in [-0.1, -0.05) is 0 Å². The van der Waals surface area contributed by atoms with Crippen molar-refractivity contribution in [3.8, 4) is 0 Å². The van der Waals surface area contributed by atoms with Crippen LogP contribution in [0.1, 0.15) is 19.4 Å². The topological polar surface area (TPSA) is 52.0 Å². The Morgan fingerprint density at radius 1 is 1.15 bits per heavy atom. The Morgan fingerprint density at radius 3 is 1.85 bits per heavy atom. The van der Waals surface area contributed by atoms with Gasteiger partial charge >= 0.3 is 0 Å². The van der Waals surface area contributed by atoms with E-state index in [1.54, 1.807) is 0 Å². The van der Waals surface area contributed by atoms with E-state index in [4.69, 9.17) is 11.5 Å². The molecule has 1 aromatic carbocycles. The van der Waals surface area contributed by atoms with E-state index < -0.39 is 17.2 Å². The Morgan fingerprint density at radius 2 is 1.54 bits per heavy atom. The fourth-order valence-corrected chi connectivity index (χ4v) is 1.21. The van der Waals surface area contributed by atoms with Crippen molar-refractivity contribution in [2.24, 2.45) is 5.73 Å². The quantitative estimate of drug-likeness (QED) is 0.656. The summed E-state index contributed by atoms with van der Waals surface area (Å²) < 4.78 is 26.4. The van der Waals surface area contributed by atoms with Crippen molar-refractivity contribution in [1.29, 1.82) is 0 Å². The summed E-state index contributed by atoms with van der Waals surface area (Å²) in [5, 5.41) is 0. The third-order valence-electron chi connectivity index (χ3n) is 1.71. The summed E-state index contributed by atoms with van der Waals surface area (Å²) in [6, 6.07) is 2.13. The lowest BCUT2D eigenvalue weighted by Crippen LogP contribution is -2.31. The molecule has 0 spiro atoms. The molecule has 2 nitrogen and oxygen atoms in total. The molecular weight excluding hydrogens is 174 g/mol. The van der Waals surface area contributed by atoms with Gasteiger partial charge in [0, 0.05) is 16.8 Å².